The number of carbonyl (C=O) groups is 2. The van der Waals surface area contributed by atoms with E-state index in [4.69, 9.17) is 14.2 Å². The second-order valence-electron chi connectivity index (χ2n) is 9.54. The Labute approximate surface area is 207 Å². The number of alkyl halides is 1. The maximum Gasteiger partial charge on any atom is 0.338 e. The summed E-state index contributed by atoms with van der Waals surface area (Å²) in [5, 5.41) is 3.36. The molecule has 2 aromatic heterocycles. The number of anilines is 1. The zero-order valence-corrected chi connectivity index (χ0v) is 20.3. The molecule has 190 valence electrons. The Hall–Kier alpha value is -3.60. The number of benzene rings is 1. The second-order valence-corrected chi connectivity index (χ2v) is 9.54. The fraction of sp³-hybridized carbons (Fsp3) is 0.480. The third-order valence-electron chi connectivity index (χ3n) is 7.13. The predicted octanol–water partition coefficient (Wildman–Crippen LogP) is 3.60. The Morgan fingerprint density at radius 2 is 1.94 bits per heavy atom. The second kappa shape index (κ2) is 9.12. The van der Waals surface area contributed by atoms with E-state index >= 15 is 4.39 Å². The van der Waals surface area contributed by atoms with E-state index in [9.17, 15) is 9.59 Å². The van der Waals surface area contributed by atoms with E-state index in [1.165, 1.54) is 38.0 Å². The molecule has 2 fully saturated rings. The number of nitrogens with zero attached hydrogens (tertiary/aromatic N) is 4. The number of imidazole rings is 1. The van der Waals surface area contributed by atoms with Crippen molar-refractivity contribution in [2.75, 3.05) is 11.9 Å². The van der Waals surface area contributed by atoms with Crippen molar-refractivity contribution in [1.29, 1.82) is 0 Å². The number of hydrogen-bond acceptors (Lipinski definition) is 9. The molecule has 2 unspecified atom stereocenters. The lowest BCUT2D eigenvalue weighted by atomic mass is 9.84. The third-order valence-corrected chi connectivity index (χ3v) is 7.13. The lowest BCUT2D eigenvalue weighted by Gasteiger charge is -2.36. The standard InChI is InChI=1S/C25H28FN5O5/c1-15(32)36-25(3)18(12-34-22(33)16-8-5-4-6-9-16)35-23(24(25,2)26)31-14-29-19-20(27-13-28-21(19)31)30-17-10-7-11-17/h4-6,8-9,13-14,17-18,23H,7,10-12H2,1-3H3,(H,27,28,30)/t18-,23?,24+,25?/m1/s1. The molecule has 36 heavy (non-hydrogen) atoms. The van der Waals surface area contributed by atoms with Crippen LogP contribution in [0.4, 0.5) is 10.2 Å². The number of halogens is 1. The van der Waals surface area contributed by atoms with E-state index < -0.39 is 35.5 Å². The van der Waals surface area contributed by atoms with Gasteiger partial charge in [-0.3, -0.25) is 9.36 Å². The minimum absolute atomic E-state index is 0.318. The molecule has 5 rings (SSSR count). The molecule has 11 heteroatoms. The highest BCUT2D eigenvalue weighted by molar-refractivity contribution is 5.89. The molecule has 0 spiro atoms. The molecule has 4 atom stereocenters. The monoisotopic (exact) mass is 497 g/mol. The summed E-state index contributed by atoms with van der Waals surface area (Å²) in [6.45, 7) is 3.59. The first-order valence-corrected chi connectivity index (χ1v) is 11.9. The van der Waals surface area contributed by atoms with Gasteiger partial charge in [-0.25, -0.2) is 24.1 Å². The Kier molecular flexibility index (Phi) is 6.11. The number of nitrogens with one attached hydrogen (secondary N) is 1. The average molecular weight is 498 g/mol. The van der Waals surface area contributed by atoms with Gasteiger partial charge in [0.15, 0.2) is 34.5 Å². The van der Waals surface area contributed by atoms with Crippen molar-refractivity contribution in [1.82, 2.24) is 19.5 Å². The molecule has 1 aromatic carbocycles. The number of esters is 2. The van der Waals surface area contributed by atoms with Gasteiger partial charge in [-0.15, -0.1) is 0 Å². The molecular weight excluding hydrogens is 469 g/mol. The molecule has 1 aliphatic carbocycles. The van der Waals surface area contributed by atoms with Gasteiger partial charge in [0.2, 0.25) is 0 Å². The van der Waals surface area contributed by atoms with Gasteiger partial charge in [-0.2, -0.15) is 0 Å². The summed E-state index contributed by atoms with van der Waals surface area (Å²) in [5.74, 6) is -0.714. The largest absolute Gasteiger partial charge is 0.459 e. The van der Waals surface area contributed by atoms with E-state index in [1.807, 2.05) is 0 Å². The van der Waals surface area contributed by atoms with Crippen LogP contribution in [0.15, 0.2) is 43.0 Å². The molecule has 0 radical (unpaired) electrons. The van der Waals surface area contributed by atoms with E-state index in [1.54, 1.807) is 30.3 Å². The lowest BCUT2D eigenvalue weighted by molar-refractivity contribution is -0.175. The van der Waals surface area contributed by atoms with Crippen LogP contribution in [0.2, 0.25) is 0 Å². The van der Waals surface area contributed by atoms with Crippen LogP contribution in [0.5, 0.6) is 0 Å². The molecule has 0 amide bonds. The van der Waals surface area contributed by atoms with Gasteiger partial charge in [0, 0.05) is 13.0 Å². The maximum atomic E-state index is 16.6. The summed E-state index contributed by atoms with van der Waals surface area (Å²) < 4.78 is 35.1. The highest BCUT2D eigenvalue weighted by Crippen LogP contribution is 2.51. The van der Waals surface area contributed by atoms with Crippen LogP contribution in [0.3, 0.4) is 0 Å². The summed E-state index contributed by atoms with van der Waals surface area (Å²) in [5.41, 5.74) is -2.81. The van der Waals surface area contributed by atoms with E-state index in [2.05, 4.69) is 20.3 Å². The van der Waals surface area contributed by atoms with Crippen molar-refractivity contribution in [3.63, 3.8) is 0 Å². The Morgan fingerprint density at radius 3 is 2.61 bits per heavy atom. The fourth-order valence-corrected chi connectivity index (χ4v) is 4.65. The first-order valence-electron chi connectivity index (χ1n) is 11.9. The van der Waals surface area contributed by atoms with Gasteiger partial charge >= 0.3 is 11.9 Å². The first-order chi connectivity index (χ1) is 17.2. The van der Waals surface area contributed by atoms with Gasteiger partial charge in [0.05, 0.1) is 11.9 Å². The smallest absolute Gasteiger partial charge is 0.338 e. The van der Waals surface area contributed by atoms with Crippen LogP contribution in [-0.4, -0.2) is 61.5 Å². The molecule has 3 aromatic rings. The highest BCUT2D eigenvalue weighted by Gasteiger charge is 2.66. The molecule has 1 aliphatic heterocycles. The van der Waals surface area contributed by atoms with E-state index in [-0.39, 0.29) is 6.61 Å². The zero-order chi connectivity index (χ0) is 25.5. The number of hydrogen-bond donors (Lipinski definition) is 1. The molecule has 2 aliphatic rings. The van der Waals surface area contributed by atoms with Crippen molar-refractivity contribution >= 4 is 28.9 Å². The average Bonchev–Trinajstić information content (AvgIpc) is 3.32. The molecule has 1 saturated carbocycles. The number of ether oxygens (including phenoxy) is 3. The normalized spacial score (nSPS) is 28.0. The van der Waals surface area contributed by atoms with Crippen LogP contribution in [-0.2, 0) is 19.0 Å². The summed E-state index contributed by atoms with van der Waals surface area (Å²) in [6.07, 6.45) is 3.70. The number of aromatic nitrogens is 4. The number of rotatable bonds is 7. The van der Waals surface area contributed by atoms with Crippen LogP contribution < -0.4 is 5.32 Å². The van der Waals surface area contributed by atoms with Crippen molar-refractivity contribution < 1.29 is 28.2 Å². The predicted molar refractivity (Wildman–Crippen MR) is 127 cm³/mol. The summed E-state index contributed by atoms with van der Waals surface area (Å²) >= 11 is 0. The molecular formula is C25H28FN5O5. The Morgan fingerprint density at radius 1 is 1.19 bits per heavy atom. The number of carbonyl (C=O) groups excluding carboxylic acids is 2. The third kappa shape index (κ3) is 4.06. The lowest BCUT2D eigenvalue weighted by Crippen LogP contribution is -2.55. The van der Waals surface area contributed by atoms with E-state index in [0.29, 0.717) is 28.6 Å². The minimum Gasteiger partial charge on any atom is -0.459 e. The zero-order valence-electron chi connectivity index (χ0n) is 20.3. The summed E-state index contributed by atoms with van der Waals surface area (Å²) in [4.78, 5) is 37.6. The topological polar surface area (TPSA) is 117 Å². The van der Waals surface area contributed by atoms with Gasteiger partial charge in [-0.1, -0.05) is 18.2 Å². The molecule has 1 saturated heterocycles. The molecule has 10 nitrogen and oxygen atoms in total. The van der Waals surface area contributed by atoms with Gasteiger partial charge in [0.25, 0.3) is 0 Å². The van der Waals surface area contributed by atoms with Crippen molar-refractivity contribution in [2.45, 2.75) is 69.7 Å². The Bertz CT molecular complexity index is 1280. The van der Waals surface area contributed by atoms with Crippen LogP contribution in [0.25, 0.3) is 11.2 Å². The SMILES string of the molecule is CC(=O)OC1(C)[C@@H](COC(=O)c2ccccc2)OC(n2cnc3c(NC4CCC4)ncnc32)[C@]1(C)F. The molecule has 3 heterocycles. The number of fused-ring (bicyclic) bond motifs is 1. The fourth-order valence-electron chi connectivity index (χ4n) is 4.65. The summed E-state index contributed by atoms with van der Waals surface area (Å²) in [6, 6.07) is 8.73. The van der Waals surface area contributed by atoms with Crippen molar-refractivity contribution in [2.24, 2.45) is 0 Å². The van der Waals surface area contributed by atoms with Crippen LogP contribution in [0, 0.1) is 0 Å². The minimum atomic E-state index is -2.23. The quantitative estimate of drug-likeness (QED) is 0.489. The van der Waals surface area contributed by atoms with E-state index in [0.717, 1.165) is 19.3 Å². The molecule has 0 bridgehead atoms. The van der Waals surface area contributed by atoms with Gasteiger partial charge in [-0.05, 0) is 45.2 Å². The van der Waals surface area contributed by atoms with Crippen LogP contribution >= 0.6 is 0 Å². The summed E-state index contributed by atoms with van der Waals surface area (Å²) in [7, 11) is 0. The van der Waals surface area contributed by atoms with Crippen LogP contribution in [0.1, 0.15) is 56.6 Å². The van der Waals surface area contributed by atoms with Crippen molar-refractivity contribution in [3.8, 4) is 0 Å². The Balaban J connectivity index is 1.45. The molecule has 1 N–H and O–H groups in total. The maximum absolute atomic E-state index is 16.6. The van der Waals surface area contributed by atoms with Crippen molar-refractivity contribution in [3.05, 3.63) is 48.5 Å². The van der Waals surface area contributed by atoms with Gasteiger partial charge in [0.1, 0.15) is 19.0 Å². The van der Waals surface area contributed by atoms with Gasteiger partial charge < -0.3 is 19.5 Å². The highest BCUT2D eigenvalue weighted by atomic mass is 19.1. The first kappa shape index (κ1) is 24.1.